The van der Waals surface area contributed by atoms with Crippen molar-refractivity contribution in [3.8, 4) is 0 Å². The summed E-state index contributed by atoms with van der Waals surface area (Å²) in [6.45, 7) is 2.14. The van der Waals surface area contributed by atoms with Gasteiger partial charge in [0.1, 0.15) is 6.04 Å². The van der Waals surface area contributed by atoms with Gasteiger partial charge in [-0.2, -0.15) is 0 Å². The number of carbonyl (C=O) groups is 2. The van der Waals surface area contributed by atoms with E-state index in [9.17, 15) is 9.59 Å². The molecule has 2 N–H and O–H groups in total. The molecule has 0 saturated carbocycles. The van der Waals surface area contributed by atoms with Gasteiger partial charge < -0.3 is 10.5 Å². The maximum Gasteiger partial charge on any atom is 0.330 e. The molecule has 0 saturated heterocycles. The third-order valence-corrected chi connectivity index (χ3v) is 3.30. The summed E-state index contributed by atoms with van der Waals surface area (Å²) < 4.78 is 4.79. The minimum Gasteiger partial charge on any atom is -0.392 e. The zero-order chi connectivity index (χ0) is 15.5. The molecule has 0 spiro atoms. The Morgan fingerprint density at radius 1 is 1.10 bits per heavy atom. The third kappa shape index (κ3) is 7.61. The molecule has 0 aliphatic rings. The topological polar surface area (TPSA) is 69.4 Å². The summed E-state index contributed by atoms with van der Waals surface area (Å²) in [6, 6.07) is 8.65. The maximum atomic E-state index is 11.7. The van der Waals surface area contributed by atoms with Crippen LogP contribution in [0.5, 0.6) is 0 Å². The molecule has 116 valence electrons. The second kappa shape index (κ2) is 10.1. The van der Waals surface area contributed by atoms with Gasteiger partial charge >= 0.3 is 11.9 Å². The zero-order valence-corrected chi connectivity index (χ0v) is 12.7. The summed E-state index contributed by atoms with van der Waals surface area (Å²) in [5.74, 6) is -1.11. The Morgan fingerprint density at radius 3 is 2.43 bits per heavy atom. The van der Waals surface area contributed by atoms with Crippen molar-refractivity contribution in [3.63, 3.8) is 0 Å². The van der Waals surface area contributed by atoms with Gasteiger partial charge in [-0.15, -0.1) is 0 Å². The minimum atomic E-state index is -0.795. The van der Waals surface area contributed by atoms with E-state index in [2.05, 4.69) is 6.92 Å². The number of benzene rings is 1. The van der Waals surface area contributed by atoms with Gasteiger partial charge in [-0.1, -0.05) is 62.9 Å². The van der Waals surface area contributed by atoms with Crippen LogP contribution >= 0.6 is 0 Å². The molecular formula is C17H25NO3. The van der Waals surface area contributed by atoms with E-state index in [1.807, 2.05) is 30.3 Å². The SMILES string of the molecule is CCCCCCCC(=O)OC(=O)[C@@H](N)Cc1ccccc1. The van der Waals surface area contributed by atoms with Crippen LogP contribution in [0.15, 0.2) is 30.3 Å². The Kier molecular flexibility index (Phi) is 8.36. The number of unbranched alkanes of at least 4 members (excludes halogenated alkanes) is 4. The van der Waals surface area contributed by atoms with Crippen LogP contribution in [0.4, 0.5) is 0 Å². The number of carbonyl (C=O) groups excluding carboxylic acids is 2. The Balaban J connectivity index is 2.23. The van der Waals surface area contributed by atoms with Crippen LogP contribution in [0.25, 0.3) is 0 Å². The molecule has 4 heteroatoms. The fourth-order valence-electron chi connectivity index (χ4n) is 2.06. The lowest BCUT2D eigenvalue weighted by Crippen LogP contribution is -2.35. The van der Waals surface area contributed by atoms with E-state index in [1.54, 1.807) is 0 Å². The van der Waals surface area contributed by atoms with Gasteiger partial charge in [0.25, 0.3) is 0 Å². The molecule has 0 heterocycles. The van der Waals surface area contributed by atoms with Crippen LogP contribution in [0.3, 0.4) is 0 Å². The molecule has 0 unspecified atom stereocenters. The van der Waals surface area contributed by atoms with E-state index in [1.165, 1.54) is 6.42 Å². The Labute approximate surface area is 126 Å². The van der Waals surface area contributed by atoms with E-state index in [0.717, 1.165) is 31.2 Å². The largest absolute Gasteiger partial charge is 0.392 e. The first kappa shape index (κ1) is 17.4. The van der Waals surface area contributed by atoms with Crippen molar-refractivity contribution in [2.75, 3.05) is 0 Å². The van der Waals surface area contributed by atoms with Crippen LogP contribution in [0, 0.1) is 0 Å². The molecule has 21 heavy (non-hydrogen) atoms. The molecule has 1 rings (SSSR count). The van der Waals surface area contributed by atoms with Gasteiger partial charge in [0.05, 0.1) is 0 Å². The highest BCUT2D eigenvalue weighted by atomic mass is 16.6. The first-order valence-electron chi connectivity index (χ1n) is 7.67. The predicted molar refractivity (Wildman–Crippen MR) is 82.6 cm³/mol. The van der Waals surface area contributed by atoms with Crippen molar-refractivity contribution in [1.82, 2.24) is 0 Å². The molecule has 0 radical (unpaired) electrons. The molecule has 0 aliphatic heterocycles. The lowest BCUT2D eigenvalue weighted by atomic mass is 10.1. The Hall–Kier alpha value is -1.68. The molecule has 0 aromatic heterocycles. The second-order valence-corrected chi connectivity index (χ2v) is 5.25. The summed E-state index contributed by atoms with van der Waals surface area (Å²) in [7, 11) is 0. The van der Waals surface area contributed by atoms with Crippen molar-refractivity contribution in [3.05, 3.63) is 35.9 Å². The summed E-state index contributed by atoms with van der Waals surface area (Å²) in [5.41, 5.74) is 6.72. The van der Waals surface area contributed by atoms with Gasteiger partial charge in [0, 0.05) is 6.42 Å². The van der Waals surface area contributed by atoms with E-state index >= 15 is 0 Å². The summed E-state index contributed by atoms with van der Waals surface area (Å²) in [4.78, 5) is 23.3. The highest BCUT2D eigenvalue weighted by molar-refractivity contribution is 5.88. The average molecular weight is 291 g/mol. The van der Waals surface area contributed by atoms with E-state index < -0.39 is 18.0 Å². The molecule has 1 atom stereocenters. The Morgan fingerprint density at radius 2 is 1.76 bits per heavy atom. The van der Waals surface area contributed by atoms with Crippen LogP contribution in [-0.2, 0) is 20.7 Å². The number of rotatable bonds is 9. The molecule has 0 bridgehead atoms. The molecular weight excluding hydrogens is 266 g/mol. The fourth-order valence-corrected chi connectivity index (χ4v) is 2.06. The van der Waals surface area contributed by atoms with Crippen molar-refractivity contribution < 1.29 is 14.3 Å². The monoisotopic (exact) mass is 291 g/mol. The van der Waals surface area contributed by atoms with E-state index in [0.29, 0.717) is 6.42 Å². The number of ether oxygens (including phenoxy) is 1. The standard InChI is InChI=1S/C17H25NO3/c1-2-3-4-5-9-12-16(19)21-17(20)15(18)13-14-10-7-6-8-11-14/h6-8,10-11,15H,2-5,9,12-13,18H2,1H3/t15-/m0/s1. The highest BCUT2D eigenvalue weighted by Crippen LogP contribution is 2.07. The first-order chi connectivity index (χ1) is 10.1. The van der Waals surface area contributed by atoms with Crippen molar-refractivity contribution in [1.29, 1.82) is 0 Å². The highest BCUT2D eigenvalue weighted by Gasteiger charge is 2.18. The van der Waals surface area contributed by atoms with Crippen LogP contribution < -0.4 is 5.73 Å². The van der Waals surface area contributed by atoms with Gasteiger partial charge in [0.15, 0.2) is 0 Å². The van der Waals surface area contributed by atoms with E-state index in [4.69, 9.17) is 10.5 Å². The normalized spacial score (nSPS) is 11.9. The molecule has 0 aliphatic carbocycles. The summed E-state index contributed by atoms with van der Waals surface area (Å²) in [6.07, 6.45) is 5.88. The molecule has 4 nitrogen and oxygen atoms in total. The smallest absolute Gasteiger partial charge is 0.330 e. The lowest BCUT2D eigenvalue weighted by molar-refractivity contribution is -0.160. The molecule has 0 fully saturated rings. The van der Waals surface area contributed by atoms with Crippen LogP contribution in [0.1, 0.15) is 51.0 Å². The van der Waals surface area contributed by atoms with Crippen molar-refractivity contribution >= 4 is 11.9 Å². The fraction of sp³-hybridized carbons (Fsp3) is 0.529. The number of esters is 2. The third-order valence-electron chi connectivity index (χ3n) is 3.30. The first-order valence-corrected chi connectivity index (χ1v) is 7.67. The van der Waals surface area contributed by atoms with Crippen LogP contribution in [0.2, 0.25) is 0 Å². The average Bonchev–Trinajstić information content (AvgIpc) is 2.48. The quantitative estimate of drug-likeness (QED) is 0.431. The predicted octanol–water partition coefficient (Wildman–Crippen LogP) is 2.99. The van der Waals surface area contributed by atoms with Gasteiger partial charge in [-0.05, 0) is 18.4 Å². The van der Waals surface area contributed by atoms with Crippen molar-refractivity contribution in [2.45, 2.75) is 57.9 Å². The number of hydrogen-bond acceptors (Lipinski definition) is 4. The van der Waals surface area contributed by atoms with Gasteiger partial charge in [-0.25, -0.2) is 4.79 Å². The lowest BCUT2D eigenvalue weighted by Gasteiger charge is -2.10. The maximum absolute atomic E-state index is 11.7. The molecule has 1 aromatic rings. The second-order valence-electron chi connectivity index (χ2n) is 5.25. The van der Waals surface area contributed by atoms with Crippen LogP contribution in [-0.4, -0.2) is 18.0 Å². The number of nitrogens with two attached hydrogens (primary N) is 1. The zero-order valence-electron chi connectivity index (χ0n) is 12.7. The summed E-state index contributed by atoms with van der Waals surface area (Å²) >= 11 is 0. The summed E-state index contributed by atoms with van der Waals surface area (Å²) in [5, 5.41) is 0. The molecule has 1 aromatic carbocycles. The van der Waals surface area contributed by atoms with Gasteiger partial charge in [-0.3, -0.25) is 4.79 Å². The minimum absolute atomic E-state index is 0.285. The molecule has 0 amide bonds. The van der Waals surface area contributed by atoms with E-state index in [-0.39, 0.29) is 6.42 Å². The van der Waals surface area contributed by atoms with Gasteiger partial charge in [0.2, 0.25) is 0 Å². The Bertz CT molecular complexity index is 431. The number of hydrogen-bond donors (Lipinski definition) is 1. The van der Waals surface area contributed by atoms with Crippen molar-refractivity contribution in [2.24, 2.45) is 5.73 Å².